The van der Waals surface area contributed by atoms with E-state index in [4.69, 9.17) is 11.6 Å². The first-order valence-corrected chi connectivity index (χ1v) is 4.19. The number of halogens is 1. The topological polar surface area (TPSA) is 12.0 Å². The maximum Gasteiger partial charge on any atom is 0.0507 e. The molecule has 1 aliphatic rings. The minimum Gasteiger partial charge on any atom is -0.380 e. The Morgan fingerprint density at radius 3 is 3.18 bits per heavy atom. The van der Waals surface area contributed by atoms with Gasteiger partial charge in [0.15, 0.2) is 0 Å². The molecule has 2 heteroatoms. The van der Waals surface area contributed by atoms with Crippen molar-refractivity contribution in [3.63, 3.8) is 0 Å². The van der Waals surface area contributed by atoms with Crippen LogP contribution in [0.5, 0.6) is 0 Å². The van der Waals surface area contributed by atoms with E-state index in [0.29, 0.717) is 5.88 Å². The Bertz CT molecular complexity index is 270. The maximum atomic E-state index is 5.70. The van der Waals surface area contributed by atoms with E-state index >= 15 is 0 Å². The highest BCUT2D eigenvalue weighted by Gasteiger charge is 2.09. The quantitative estimate of drug-likeness (QED) is 0.633. The number of nitrogens with one attached hydrogen (secondary N) is 1. The zero-order valence-electron chi connectivity index (χ0n) is 6.10. The van der Waals surface area contributed by atoms with Gasteiger partial charge >= 0.3 is 0 Å². The predicted molar refractivity (Wildman–Crippen MR) is 47.6 cm³/mol. The molecule has 11 heavy (non-hydrogen) atoms. The second-order valence-corrected chi connectivity index (χ2v) is 2.94. The molecular formula is C9H9ClN. The normalized spacial score (nSPS) is 14.3. The van der Waals surface area contributed by atoms with Crippen molar-refractivity contribution in [3.05, 3.63) is 35.9 Å². The van der Waals surface area contributed by atoms with Gasteiger partial charge in [-0.2, -0.15) is 0 Å². The largest absolute Gasteiger partial charge is 0.380 e. The summed E-state index contributed by atoms with van der Waals surface area (Å²) in [4.78, 5) is 0. The molecule has 1 aromatic carbocycles. The Morgan fingerprint density at radius 1 is 1.45 bits per heavy atom. The number of anilines is 1. The number of fused-ring (bicyclic) bond motifs is 1. The lowest BCUT2D eigenvalue weighted by atomic mass is 10.1. The zero-order valence-corrected chi connectivity index (χ0v) is 6.86. The summed E-state index contributed by atoms with van der Waals surface area (Å²) in [6.45, 7) is 2.06. The van der Waals surface area contributed by atoms with E-state index in [9.17, 15) is 0 Å². The fourth-order valence-electron chi connectivity index (χ4n) is 1.31. The molecule has 2 rings (SSSR count). The summed E-state index contributed by atoms with van der Waals surface area (Å²) in [6, 6.07) is 6.29. The number of rotatable bonds is 1. The smallest absolute Gasteiger partial charge is 0.0507 e. The van der Waals surface area contributed by atoms with E-state index in [1.807, 2.05) is 0 Å². The molecule has 0 fully saturated rings. The van der Waals surface area contributed by atoms with E-state index in [1.165, 1.54) is 16.8 Å². The van der Waals surface area contributed by atoms with Crippen LogP contribution in [0.3, 0.4) is 0 Å². The highest BCUT2D eigenvalue weighted by atomic mass is 35.5. The zero-order chi connectivity index (χ0) is 7.68. The molecule has 0 aliphatic carbocycles. The summed E-state index contributed by atoms with van der Waals surface area (Å²) in [7, 11) is 0. The van der Waals surface area contributed by atoms with Crippen molar-refractivity contribution in [2.24, 2.45) is 0 Å². The summed E-state index contributed by atoms with van der Waals surface area (Å²) >= 11 is 5.70. The SMILES string of the molecule is ClCc1ccc2c(c1)C[CH]N2. The first-order chi connectivity index (χ1) is 5.40. The standard InChI is InChI=1S/C9H9ClN/c10-6-7-1-2-9-8(5-7)3-4-11-9/h1-2,4-5,11H,3,6H2. The van der Waals surface area contributed by atoms with Crippen LogP contribution in [0.4, 0.5) is 5.69 Å². The second-order valence-electron chi connectivity index (χ2n) is 2.68. The van der Waals surface area contributed by atoms with Crippen LogP contribution in [0.25, 0.3) is 0 Å². The highest BCUT2D eigenvalue weighted by molar-refractivity contribution is 6.17. The molecular weight excluding hydrogens is 158 g/mol. The molecule has 0 saturated heterocycles. The molecule has 1 radical (unpaired) electrons. The van der Waals surface area contributed by atoms with Crippen LogP contribution in [0.1, 0.15) is 11.1 Å². The molecule has 1 N–H and O–H groups in total. The number of alkyl halides is 1. The van der Waals surface area contributed by atoms with Gasteiger partial charge in [0.05, 0.1) is 6.54 Å². The summed E-state index contributed by atoms with van der Waals surface area (Å²) < 4.78 is 0. The van der Waals surface area contributed by atoms with Gasteiger partial charge in [-0.05, 0) is 23.6 Å². The molecule has 57 valence electrons. The van der Waals surface area contributed by atoms with Crippen LogP contribution in [0.2, 0.25) is 0 Å². The Balaban J connectivity index is 2.41. The first kappa shape index (κ1) is 6.99. The Hall–Kier alpha value is -0.690. The van der Waals surface area contributed by atoms with Gasteiger partial charge < -0.3 is 5.32 Å². The van der Waals surface area contributed by atoms with Crippen molar-refractivity contribution >= 4 is 17.3 Å². The van der Waals surface area contributed by atoms with Crippen LogP contribution >= 0.6 is 11.6 Å². The molecule has 1 aliphatic heterocycles. The molecule has 0 aromatic heterocycles. The van der Waals surface area contributed by atoms with Crippen LogP contribution in [0.15, 0.2) is 18.2 Å². The average molecular weight is 167 g/mol. The summed E-state index contributed by atoms with van der Waals surface area (Å²) in [5, 5.41) is 3.18. The van der Waals surface area contributed by atoms with Gasteiger partial charge in [-0.25, -0.2) is 0 Å². The number of hydrogen-bond donors (Lipinski definition) is 1. The van der Waals surface area contributed by atoms with Gasteiger partial charge in [0.1, 0.15) is 0 Å². The van der Waals surface area contributed by atoms with E-state index in [1.54, 1.807) is 0 Å². The van der Waals surface area contributed by atoms with Crippen molar-refractivity contribution in [2.45, 2.75) is 12.3 Å². The van der Waals surface area contributed by atoms with Crippen LogP contribution in [-0.4, -0.2) is 0 Å². The van der Waals surface area contributed by atoms with Crippen LogP contribution in [0, 0.1) is 6.54 Å². The second kappa shape index (κ2) is 2.74. The third-order valence-electron chi connectivity index (χ3n) is 1.90. The molecule has 0 atom stereocenters. The molecule has 0 unspecified atom stereocenters. The Morgan fingerprint density at radius 2 is 2.36 bits per heavy atom. The molecule has 0 bridgehead atoms. The van der Waals surface area contributed by atoms with E-state index < -0.39 is 0 Å². The average Bonchev–Trinajstić information content (AvgIpc) is 2.50. The lowest BCUT2D eigenvalue weighted by Gasteiger charge is -2.00. The third-order valence-corrected chi connectivity index (χ3v) is 2.21. The van der Waals surface area contributed by atoms with E-state index in [-0.39, 0.29) is 0 Å². The molecule has 0 saturated carbocycles. The van der Waals surface area contributed by atoms with Crippen molar-refractivity contribution in [1.29, 1.82) is 0 Å². The fourth-order valence-corrected chi connectivity index (χ4v) is 1.48. The van der Waals surface area contributed by atoms with Crippen molar-refractivity contribution < 1.29 is 0 Å². The third kappa shape index (κ3) is 1.21. The summed E-state index contributed by atoms with van der Waals surface area (Å²) in [5.74, 6) is 0.604. The van der Waals surface area contributed by atoms with Crippen molar-refractivity contribution in [1.82, 2.24) is 0 Å². The van der Waals surface area contributed by atoms with Gasteiger partial charge in [0.25, 0.3) is 0 Å². The van der Waals surface area contributed by atoms with Crippen molar-refractivity contribution in [2.75, 3.05) is 5.32 Å². The lowest BCUT2D eigenvalue weighted by molar-refractivity contribution is 1.23. The Kier molecular flexibility index (Phi) is 1.74. The number of hydrogen-bond acceptors (Lipinski definition) is 1. The van der Waals surface area contributed by atoms with Crippen LogP contribution < -0.4 is 5.32 Å². The summed E-state index contributed by atoms with van der Waals surface area (Å²) in [6.07, 6.45) is 1.01. The fraction of sp³-hybridized carbons (Fsp3) is 0.222. The minimum absolute atomic E-state index is 0.604. The predicted octanol–water partition coefficient (Wildman–Crippen LogP) is 2.56. The van der Waals surface area contributed by atoms with Gasteiger partial charge in [-0.3, -0.25) is 0 Å². The van der Waals surface area contributed by atoms with Gasteiger partial charge in [-0.1, -0.05) is 12.1 Å². The molecule has 0 spiro atoms. The maximum absolute atomic E-state index is 5.70. The van der Waals surface area contributed by atoms with Gasteiger partial charge in [-0.15, -0.1) is 11.6 Å². The molecule has 0 amide bonds. The van der Waals surface area contributed by atoms with E-state index in [2.05, 4.69) is 30.1 Å². The van der Waals surface area contributed by atoms with Gasteiger partial charge in [0, 0.05) is 11.6 Å². The molecule has 1 nitrogen and oxygen atoms in total. The summed E-state index contributed by atoms with van der Waals surface area (Å²) in [5.41, 5.74) is 3.77. The first-order valence-electron chi connectivity index (χ1n) is 3.66. The minimum atomic E-state index is 0.604. The monoisotopic (exact) mass is 166 g/mol. The molecule has 1 heterocycles. The van der Waals surface area contributed by atoms with Crippen LogP contribution in [-0.2, 0) is 12.3 Å². The Labute approximate surface area is 71.4 Å². The number of benzene rings is 1. The lowest BCUT2D eigenvalue weighted by Crippen LogP contribution is -1.84. The highest BCUT2D eigenvalue weighted by Crippen LogP contribution is 2.25. The van der Waals surface area contributed by atoms with Crippen molar-refractivity contribution in [3.8, 4) is 0 Å². The van der Waals surface area contributed by atoms with E-state index in [0.717, 1.165) is 6.42 Å². The molecule has 1 aromatic rings. The van der Waals surface area contributed by atoms with Gasteiger partial charge in [0.2, 0.25) is 0 Å².